The summed E-state index contributed by atoms with van der Waals surface area (Å²) in [6, 6.07) is 11.9. The summed E-state index contributed by atoms with van der Waals surface area (Å²) >= 11 is 1.53. The van der Waals surface area contributed by atoms with Gasteiger partial charge in [0, 0.05) is 22.8 Å². The Bertz CT molecular complexity index is 1110. The molecule has 0 aliphatic carbocycles. The Morgan fingerprint density at radius 1 is 1.21 bits per heavy atom. The Morgan fingerprint density at radius 3 is 2.55 bits per heavy atom. The average Bonchev–Trinajstić information content (AvgIpc) is 3.18. The third-order valence-electron chi connectivity index (χ3n) is 4.16. The number of nitrogens with zero attached hydrogens (tertiary/aromatic N) is 2. The number of rotatable bonds is 8. The van der Waals surface area contributed by atoms with Crippen molar-refractivity contribution in [3.05, 3.63) is 74.7 Å². The van der Waals surface area contributed by atoms with Crippen molar-refractivity contribution < 1.29 is 13.3 Å². The molecular formula is C19H20N4O4S2. The Labute approximate surface area is 172 Å². The number of sulfonamides is 1. The van der Waals surface area contributed by atoms with E-state index in [9.17, 15) is 18.5 Å². The molecule has 0 aliphatic rings. The van der Waals surface area contributed by atoms with E-state index in [2.05, 4.69) is 15.0 Å². The van der Waals surface area contributed by atoms with E-state index >= 15 is 0 Å². The van der Waals surface area contributed by atoms with Crippen LogP contribution in [0.3, 0.4) is 0 Å². The molecule has 2 aromatic carbocycles. The van der Waals surface area contributed by atoms with Crippen LogP contribution in [0.1, 0.15) is 29.8 Å². The van der Waals surface area contributed by atoms with Gasteiger partial charge < -0.3 is 5.32 Å². The fraction of sp³-hybridized carbons (Fsp3) is 0.211. The number of aryl methyl sites for hydroxylation is 1. The van der Waals surface area contributed by atoms with Gasteiger partial charge >= 0.3 is 0 Å². The lowest BCUT2D eigenvalue weighted by Crippen LogP contribution is -2.14. The number of aromatic nitrogens is 1. The van der Waals surface area contributed by atoms with Gasteiger partial charge in [-0.3, -0.25) is 14.8 Å². The first kappa shape index (κ1) is 20.7. The summed E-state index contributed by atoms with van der Waals surface area (Å²) in [7, 11) is -3.96. The number of hydrogen-bond acceptors (Lipinski definition) is 7. The van der Waals surface area contributed by atoms with Gasteiger partial charge in [0.15, 0.2) is 0 Å². The maximum Gasteiger partial charge on any atom is 0.293 e. The van der Waals surface area contributed by atoms with Crippen LogP contribution in [0.15, 0.2) is 59.6 Å². The van der Waals surface area contributed by atoms with Crippen LogP contribution in [0.5, 0.6) is 0 Å². The lowest BCUT2D eigenvalue weighted by molar-refractivity contribution is -0.384. The fourth-order valence-electron chi connectivity index (χ4n) is 2.65. The Morgan fingerprint density at radius 2 is 1.93 bits per heavy atom. The first-order valence-electron chi connectivity index (χ1n) is 8.87. The van der Waals surface area contributed by atoms with Crippen LogP contribution < -0.4 is 10.0 Å². The molecule has 0 aliphatic heterocycles. The van der Waals surface area contributed by atoms with Crippen LogP contribution in [0.4, 0.5) is 17.1 Å². The van der Waals surface area contributed by atoms with Crippen LogP contribution in [0.25, 0.3) is 0 Å². The molecular weight excluding hydrogens is 412 g/mol. The van der Waals surface area contributed by atoms with Crippen LogP contribution >= 0.6 is 11.3 Å². The smallest absolute Gasteiger partial charge is 0.293 e. The van der Waals surface area contributed by atoms with Crippen molar-refractivity contribution in [2.24, 2.45) is 0 Å². The summed E-state index contributed by atoms with van der Waals surface area (Å²) in [6.07, 6.45) is 2.66. The zero-order valence-electron chi connectivity index (χ0n) is 15.8. The van der Waals surface area contributed by atoms with Crippen LogP contribution in [-0.4, -0.2) is 18.3 Å². The molecule has 0 saturated heterocycles. The molecule has 0 spiro atoms. The molecule has 29 heavy (non-hydrogen) atoms. The summed E-state index contributed by atoms with van der Waals surface area (Å²) in [5, 5.41) is 15.4. The van der Waals surface area contributed by atoms with Gasteiger partial charge in [-0.1, -0.05) is 25.1 Å². The molecule has 0 amide bonds. The zero-order chi connectivity index (χ0) is 21.0. The Hall–Kier alpha value is -2.98. The molecule has 1 unspecified atom stereocenters. The minimum Gasteiger partial charge on any atom is -0.371 e. The molecule has 152 valence electrons. The highest BCUT2D eigenvalue weighted by Crippen LogP contribution is 2.32. The summed E-state index contributed by atoms with van der Waals surface area (Å²) in [4.78, 5) is 16.2. The standard InChI is InChI=1S/C19H20N4O4S2/c1-3-15-12-20-19(28-15)13(2)21-17-10-9-16(11-18(17)23(24)25)29(26,27)22-14-7-5-4-6-8-14/h4-13,21-22H,3H2,1-2H3. The first-order valence-corrected chi connectivity index (χ1v) is 11.2. The van der Waals surface area contributed by atoms with Crippen molar-refractivity contribution in [3.63, 3.8) is 0 Å². The van der Waals surface area contributed by atoms with Gasteiger partial charge in [0.1, 0.15) is 10.7 Å². The molecule has 8 nitrogen and oxygen atoms in total. The second-order valence-corrected chi connectivity index (χ2v) is 9.12. The van der Waals surface area contributed by atoms with Crippen molar-refractivity contribution in [2.45, 2.75) is 31.2 Å². The lowest BCUT2D eigenvalue weighted by Gasteiger charge is -2.14. The number of nitro groups is 1. The Balaban J connectivity index is 1.87. The largest absolute Gasteiger partial charge is 0.371 e. The zero-order valence-corrected chi connectivity index (χ0v) is 17.5. The monoisotopic (exact) mass is 432 g/mol. The van der Waals surface area contributed by atoms with Gasteiger partial charge in [0.2, 0.25) is 0 Å². The van der Waals surface area contributed by atoms with Crippen molar-refractivity contribution in [2.75, 3.05) is 10.0 Å². The highest BCUT2D eigenvalue weighted by molar-refractivity contribution is 7.92. The lowest BCUT2D eigenvalue weighted by atomic mass is 10.2. The van der Waals surface area contributed by atoms with E-state index in [0.29, 0.717) is 5.69 Å². The number of nitrogens with one attached hydrogen (secondary N) is 2. The van der Waals surface area contributed by atoms with Crippen LogP contribution in [0.2, 0.25) is 0 Å². The van der Waals surface area contributed by atoms with E-state index in [0.717, 1.165) is 22.4 Å². The number of anilines is 2. The van der Waals surface area contributed by atoms with E-state index < -0.39 is 14.9 Å². The maximum absolute atomic E-state index is 12.6. The molecule has 3 rings (SSSR count). The van der Waals surface area contributed by atoms with E-state index in [4.69, 9.17) is 0 Å². The molecule has 10 heteroatoms. The van der Waals surface area contributed by atoms with Gasteiger partial charge in [0.25, 0.3) is 15.7 Å². The predicted octanol–water partition coefficient (Wildman–Crippen LogP) is 4.59. The van der Waals surface area contributed by atoms with Crippen molar-refractivity contribution in [1.82, 2.24) is 4.98 Å². The van der Waals surface area contributed by atoms with E-state index in [-0.39, 0.29) is 22.3 Å². The number of hydrogen-bond donors (Lipinski definition) is 2. The molecule has 1 aromatic heterocycles. The maximum atomic E-state index is 12.6. The van der Waals surface area contributed by atoms with E-state index in [1.165, 1.54) is 23.5 Å². The molecule has 3 aromatic rings. The number of para-hydroxylation sites is 1. The second kappa shape index (κ2) is 8.58. The normalized spacial score (nSPS) is 12.3. The van der Waals surface area contributed by atoms with Crippen molar-refractivity contribution in [1.29, 1.82) is 0 Å². The average molecular weight is 433 g/mol. The summed E-state index contributed by atoms with van der Waals surface area (Å²) in [5.41, 5.74) is 0.288. The molecule has 0 saturated carbocycles. The molecule has 0 radical (unpaired) electrons. The summed E-state index contributed by atoms with van der Waals surface area (Å²) in [6.45, 7) is 3.88. The van der Waals surface area contributed by atoms with Gasteiger partial charge in [-0.15, -0.1) is 11.3 Å². The van der Waals surface area contributed by atoms with Crippen molar-refractivity contribution in [3.8, 4) is 0 Å². The van der Waals surface area contributed by atoms with Gasteiger partial charge in [-0.2, -0.15) is 0 Å². The quantitative estimate of drug-likeness (QED) is 0.397. The van der Waals surface area contributed by atoms with Gasteiger partial charge in [-0.25, -0.2) is 13.4 Å². The molecule has 0 fully saturated rings. The molecule has 2 N–H and O–H groups in total. The Kier molecular flexibility index (Phi) is 6.14. The van der Waals surface area contributed by atoms with E-state index in [1.807, 2.05) is 13.8 Å². The minimum atomic E-state index is -3.96. The second-order valence-electron chi connectivity index (χ2n) is 6.29. The topological polar surface area (TPSA) is 114 Å². The van der Waals surface area contributed by atoms with Gasteiger partial charge in [-0.05, 0) is 37.6 Å². The van der Waals surface area contributed by atoms with Gasteiger partial charge in [0.05, 0.1) is 15.9 Å². The SMILES string of the molecule is CCc1cnc(C(C)Nc2ccc(S(=O)(=O)Nc3ccccc3)cc2[N+](=O)[O-])s1. The third-order valence-corrected chi connectivity index (χ3v) is 6.87. The summed E-state index contributed by atoms with van der Waals surface area (Å²) < 4.78 is 27.6. The predicted molar refractivity (Wildman–Crippen MR) is 114 cm³/mol. The first-order chi connectivity index (χ1) is 13.8. The molecule has 1 atom stereocenters. The fourth-order valence-corrected chi connectivity index (χ4v) is 4.59. The highest BCUT2D eigenvalue weighted by atomic mass is 32.2. The van der Waals surface area contributed by atoms with E-state index in [1.54, 1.807) is 36.5 Å². The molecule has 1 heterocycles. The minimum absolute atomic E-state index is 0.186. The van der Waals surface area contributed by atoms with Crippen molar-refractivity contribution >= 4 is 38.4 Å². The third kappa shape index (κ3) is 4.90. The van der Waals surface area contributed by atoms with Crippen LogP contribution in [0, 0.1) is 10.1 Å². The number of thiazole rings is 1. The van der Waals surface area contributed by atoms with Crippen LogP contribution in [-0.2, 0) is 16.4 Å². The summed E-state index contributed by atoms with van der Waals surface area (Å²) in [5.74, 6) is 0. The number of nitro benzene ring substituents is 1. The molecule has 0 bridgehead atoms. The number of benzene rings is 2. The highest BCUT2D eigenvalue weighted by Gasteiger charge is 2.23.